The topological polar surface area (TPSA) is 29.5 Å². The fourth-order valence-electron chi connectivity index (χ4n) is 0.537. The Morgan fingerprint density at radius 1 is 1.27 bits per heavy atom. The van der Waals surface area contributed by atoms with Crippen molar-refractivity contribution in [2.24, 2.45) is 5.92 Å². The van der Waals surface area contributed by atoms with Gasteiger partial charge in [-0.05, 0) is 13.3 Å². The molecule has 0 aliphatic rings. The van der Waals surface area contributed by atoms with E-state index in [4.69, 9.17) is 9.84 Å². The van der Waals surface area contributed by atoms with Gasteiger partial charge in [-0.3, -0.25) is 0 Å². The van der Waals surface area contributed by atoms with Crippen molar-refractivity contribution in [3.63, 3.8) is 0 Å². The summed E-state index contributed by atoms with van der Waals surface area (Å²) in [4.78, 5) is 0. The molecule has 0 rings (SSSR count). The molecule has 0 bridgehead atoms. The van der Waals surface area contributed by atoms with Crippen molar-refractivity contribution < 1.29 is 9.84 Å². The number of ether oxygens (including phenoxy) is 1. The number of hydrogen-bond donors (Lipinski definition) is 1. The highest BCUT2D eigenvalue weighted by Crippen LogP contribution is 2.07. The lowest BCUT2D eigenvalue weighted by atomic mass is 10.1. The van der Waals surface area contributed by atoms with Crippen molar-refractivity contribution in [1.29, 1.82) is 0 Å². The van der Waals surface area contributed by atoms with Crippen molar-refractivity contribution in [3.05, 3.63) is 0 Å². The third-order valence-electron chi connectivity index (χ3n) is 1.47. The third-order valence-corrected chi connectivity index (χ3v) is 1.47. The van der Waals surface area contributed by atoms with E-state index in [-0.39, 0.29) is 5.92 Å². The van der Waals surface area contributed by atoms with Crippen molar-refractivity contribution in [2.45, 2.75) is 47.3 Å². The number of hydrogen-bond acceptors (Lipinski definition) is 2. The molecule has 0 aromatic carbocycles. The lowest BCUT2D eigenvalue weighted by Gasteiger charge is -2.15. The quantitative estimate of drug-likeness (QED) is 0.643. The predicted octanol–water partition coefficient (Wildman–Crippen LogP) is 2.41. The van der Waals surface area contributed by atoms with Gasteiger partial charge in [0.05, 0.1) is 0 Å². The molecule has 0 saturated carbocycles. The van der Waals surface area contributed by atoms with Crippen LogP contribution in [0.2, 0.25) is 0 Å². The average Bonchev–Trinajstić information content (AvgIpc) is 2.07. The number of rotatable bonds is 4. The molecular weight excluding hydrogens is 140 g/mol. The van der Waals surface area contributed by atoms with Crippen LogP contribution >= 0.6 is 0 Å². The van der Waals surface area contributed by atoms with Gasteiger partial charge in [0.15, 0.2) is 6.29 Å². The smallest absolute Gasteiger partial charge is 0.157 e. The Morgan fingerprint density at radius 2 is 1.73 bits per heavy atom. The molecule has 0 radical (unpaired) electrons. The van der Waals surface area contributed by atoms with Crippen LogP contribution in [0.5, 0.6) is 0 Å². The van der Waals surface area contributed by atoms with E-state index in [1.165, 1.54) is 0 Å². The van der Waals surface area contributed by atoms with Gasteiger partial charge in [0.1, 0.15) is 0 Å². The maximum Gasteiger partial charge on any atom is 0.157 e. The molecule has 1 N–H and O–H groups in total. The summed E-state index contributed by atoms with van der Waals surface area (Å²) in [6.45, 7) is 10.5. The van der Waals surface area contributed by atoms with Crippen LogP contribution in [0.15, 0.2) is 0 Å². The van der Waals surface area contributed by atoms with Crippen molar-refractivity contribution >= 4 is 0 Å². The van der Waals surface area contributed by atoms with Crippen LogP contribution in [0.25, 0.3) is 0 Å². The summed E-state index contributed by atoms with van der Waals surface area (Å²) >= 11 is 0. The van der Waals surface area contributed by atoms with Gasteiger partial charge in [-0.1, -0.05) is 27.7 Å². The zero-order chi connectivity index (χ0) is 9.28. The van der Waals surface area contributed by atoms with Crippen LogP contribution < -0.4 is 0 Å². The molecule has 2 nitrogen and oxygen atoms in total. The molecule has 0 aromatic rings. The van der Waals surface area contributed by atoms with E-state index < -0.39 is 6.29 Å². The minimum atomic E-state index is -0.569. The van der Waals surface area contributed by atoms with Gasteiger partial charge in [0, 0.05) is 12.5 Å². The van der Waals surface area contributed by atoms with Crippen LogP contribution in [0.1, 0.15) is 41.0 Å². The first-order valence-electron chi connectivity index (χ1n) is 4.52. The lowest BCUT2D eigenvalue weighted by Crippen LogP contribution is -2.20. The van der Waals surface area contributed by atoms with Gasteiger partial charge < -0.3 is 9.84 Å². The zero-order valence-corrected chi connectivity index (χ0v) is 8.42. The Morgan fingerprint density at radius 3 is 2.00 bits per heavy atom. The normalized spacial score (nSPS) is 14.7. The molecule has 0 saturated heterocycles. The van der Waals surface area contributed by atoms with Crippen LogP contribution in [0.4, 0.5) is 0 Å². The Hall–Kier alpha value is -0.0800. The molecule has 0 aliphatic carbocycles. The molecule has 11 heavy (non-hydrogen) atoms. The van der Waals surface area contributed by atoms with E-state index in [9.17, 15) is 0 Å². The maximum absolute atomic E-state index is 9.10. The van der Waals surface area contributed by atoms with E-state index in [1.54, 1.807) is 0 Å². The molecule has 0 amide bonds. The van der Waals surface area contributed by atoms with Crippen LogP contribution in [0, 0.1) is 5.92 Å². The first-order chi connectivity index (χ1) is 5.22. The standard InChI is InChI=1S/C7H16O2.C2H6/c1-4-6(3)7(8)9-5-2;1-2/h6-8H,4-5H2,1-3H3;1-2H3/t6-,7?;/m0./s1. The summed E-state index contributed by atoms with van der Waals surface area (Å²) < 4.78 is 4.95. The first-order valence-corrected chi connectivity index (χ1v) is 4.52. The van der Waals surface area contributed by atoms with E-state index in [2.05, 4.69) is 0 Å². The lowest BCUT2D eigenvalue weighted by molar-refractivity contribution is -0.126. The summed E-state index contributed by atoms with van der Waals surface area (Å²) in [5, 5.41) is 9.10. The summed E-state index contributed by atoms with van der Waals surface area (Å²) in [5.74, 6) is 0.255. The minimum Gasteiger partial charge on any atom is -0.368 e. The summed E-state index contributed by atoms with van der Waals surface area (Å²) in [6, 6.07) is 0. The fourth-order valence-corrected chi connectivity index (χ4v) is 0.537. The second kappa shape index (κ2) is 9.92. The Kier molecular flexibility index (Phi) is 12.2. The Balaban J connectivity index is 0. The molecule has 1 unspecified atom stereocenters. The van der Waals surface area contributed by atoms with Gasteiger partial charge in [0.2, 0.25) is 0 Å². The zero-order valence-electron chi connectivity index (χ0n) is 8.42. The third kappa shape index (κ3) is 7.82. The molecule has 0 spiro atoms. The molecular formula is C9H22O2. The van der Waals surface area contributed by atoms with Crippen LogP contribution in [0.3, 0.4) is 0 Å². The monoisotopic (exact) mass is 162 g/mol. The Labute approximate surface area is 70.6 Å². The van der Waals surface area contributed by atoms with Gasteiger partial charge >= 0.3 is 0 Å². The van der Waals surface area contributed by atoms with Crippen LogP contribution in [-0.2, 0) is 4.74 Å². The summed E-state index contributed by atoms with van der Waals surface area (Å²) in [6.07, 6.45) is 0.390. The molecule has 2 heteroatoms. The average molecular weight is 162 g/mol. The van der Waals surface area contributed by atoms with E-state index in [1.807, 2.05) is 34.6 Å². The molecule has 0 fully saturated rings. The van der Waals surface area contributed by atoms with Gasteiger partial charge in [-0.15, -0.1) is 0 Å². The molecule has 0 aromatic heterocycles. The minimum absolute atomic E-state index is 0.255. The number of aliphatic hydroxyl groups is 1. The second-order valence-corrected chi connectivity index (χ2v) is 2.23. The fraction of sp³-hybridized carbons (Fsp3) is 1.00. The van der Waals surface area contributed by atoms with E-state index >= 15 is 0 Å². The summed E-state index contributed by atoms with van der Waals surface area (Å²) in [7, 11) is 0. The predicted molar refractivity (Wildman–Crippen MR) is 48.4 cm³/mol. The van der Waals surface area contributed by atoms with Crippen LogP contribution in [-0.4, -0.2) is 18.0 Å². The molecule has 2 atom stereocenters. The maximum atomic E-state index is 9.10. The van der Waals surface area contributed by atoms with E-state index in [0.717, 1.165) is 6.42 Å². The number of aliphatic hydroxyl groups excluding tert-OH is 1. The largest absolute Gasteiger partial charge is 0.368 e. The first kappa shape index (κ1) is 13.5. The summed E-state index contributed by atoms with van der Waals surface area (Å²) in [5.41, 5.74) is 0. The van der Waals surface area contributed by atoms with Crippen molar-refractivity contribution in [2.75, 3.05) is 6.61 Å². The van der Waals surface area contributed by atoms with Gasteiger partial charge in [-0.25, -0.2) is 0 Å². The van der Waals surface area contributed by atoms with E-state index in [0.29, 0.717) is 6.61 Å². The molecule has 70 valence electrons. The molecule has 0 aliphatic heterocycles. The second-order valence-electron chi connectivity index (χ2n) is 2.23. The van der Waals surface area contributed by atoms with Crippen molar-refractivity contribution in [1.82, 2.24) is 0 Å². The highest BCUT2D eigenvalue weighted by molar-refractivity contribution is 4.50. The SMILES string of the molecule is CC.CCOC(O)[C@@H](C)CC. The van der Waals surface area contributed by atoms with Crippen molar-refractivity contribution in [3.8, 4) is 0 Å². The van der Waals surface area contributed by atoms with Gasteiger partial charge in [-0.2, -0.15) is 0 Å². The highest BCUT2D eigenvalue weighted by atomic mass is 16.6. The van der Waals surface area contributed by atoms with Gasteiger partial charge in [0.25, 0.3) is 0 Å². The Bertz CT molecular complexity index is 64.6. The highest BCUT2D eigenvalue weighted by Gasteiger charge is 2.10. The molecule has 0 heterocycles.